The minimum atomic E-state index is -0.287. The number of pyridine rings is 1. The van der Waals surface area contributed by atoms with Crippen molar-refractivity contribution in [1.82, 2.24) is 19.6 Å². The van der Waals surface area contributed by atoms with Crippen LogP contribution in [0.2, 0.25) is 5.15 Å². The monoisotopic (exact) mass is 561 g/mol. The van der Waals surface area contributed by atoms with Gasteiger partial charge in [-0.3, -0.25) is 4.79 Å². The molecule has 0 aliphatic heterocycles. The molecule has 6 rings (SSSR count). The number of hydrogen-bond donors (Lipinski definition) is 1. The lowest BCUT2D eigenvalue weighted by molar-refractivity contribution is 0.102. The molecule has 4 aromatic heterocycles. The van der Waals surface area contributed by atoms with Crippen LogP contribution in [-0.4, -0.2) is 39.7 Å². The van der Waals surface area contributed by atoms with Gasteiger partial charge in [-0.2, -0.15) is 0 Å². The van der Waals surface area contributed by atoms with Crippen LogP contribution < -0.4 is 19.5 Å². The number of halogens is 1. The number of fused-ring (bicyclic) bond motifs is 2. The van der Waals surface area contributed by atoms with Gasteiger partial charge in [-0.05, 0) is 47.2 Å². The molecule has 0 bridgehead atoms. The summed E-state index contributed by atoms with van der Waals surface area (Å²) in [5.74, 6) is 1.46. The summed E-state index contributed by atoms with van der Waals surface area (Å²) in [6.45, 7) is 0.249. The maximum Gasteiger partial charge on any atom is 0.294 e. The van der Waals surface area contributed by atoms with Crippen LogP contribution in [0.3, 0.4) is 0 Å². The molecule has 1 N–H and O–H groups in total. The molecule has 0 radical (unpaired) electrons. The first kappa shape index (κ1) is 24.7. The SMILES string of the molecule is COc1cc(OCc2cccc(NC(=O)c3ccc(Cl)nc3)c2)c2cc(-c3cn4nc(OC)sc4n3)oc2c1. The number of anilines is 1. The second kappa shape index (κ2) is 10.3. The fourth-order valence-electron chi connectivity index (χ4n) is 3.94. The van der Waals surface area contributed by atoms with Crippen molar-refractivity contribution in [2.75, 3.05) is 19.5 Å². The molecule has 196 valence electrons. The number of benzene rings is 2. The van der Waals surface area contributed by atoms with Crippen molar-refractivity contribution in [2.45, 2.75) is 6.61 Å². The number of amides is 1. The molecule has 0 saturated carbocycles. The lowest BCUT2D eigenvalue weighted by Crippen LogP contribution is -2.12. The number of ether oxygens (including phenoxy) is 3. The number of rotatable bonds is 8. The first-order chi connectivity index (χ1) is 19.0. The molecular weight excluding hydrogens is 542 g/mol. The molecule has 10 nitrogen and oxygen atoms in total. The Kier molecular flexibility index (Phi) is 6.51. The van der Waals surface area contributed by atoms with Crippen molar-refractivity contribution in [3.63, 3.8) is 0 Å². The normalized spacial score (nSPS) is 11.2. The topological polar surface area (TPSA) is 113 Å². The predicted octanol–water partition coefficient (Wildman–Crippen LogP) is 6.10. The highest BCUT2D eigenvalue weighted by molar-refractivity contribution is 7.18. The lowest BCUT2D eigenvalue weighted by atomic mass is 10.2. The third-order valence-electron chi connectivity index (χ3n) is 5.83. The number of aromatic nitrogens is 4. The van der Waals surface area contributed by atoms with Gasteiger partial charge in [0.25, 0.3) is 11.1 Å². The lowest BCUT2D eigenvalue weighted by Gasteiger charge is -2.11. The van der Waals surface area contributed by atoms with Gasteiger partial charge in [0.2, 0.25) is 4.96 Å². The van der Waals surface area contributed by atoms with Gasteiger partial charge in [-0.15, -0.1) is 5.10 Å². The number of nitrogens with one attached hydrogen (secondary N) is 1. The molecule has 0 unspecified atom stereocenters. The van der Waals surface area contributed by atoms with Crippen molar-refractivity contribution in [1.29, 1.82) is 0 Å². The Balaban J connectivity index is 1.23. The molecule has 0 aliphatic rings. The number of hydrogen-bond acceptors (Lipinski definition) is 9. The molecule has 4 heterocycles. The molecule has 2 aromatic carbocycles. The molecule has 6 aromatic rings. The Morgan fingerprint density at radius 1 is 1.13 bits per heavy atom. The summed E-state index contributed by atoms with van der Waals surface area (Å²) in [6.07, 6.45) is 3.21. The van der Waals surface area contributed by atoms with Crippen molar-refractivity contribution in [3.8, 4) is 28.1 Å². The van der Waals surface area contributed by atoms with E-state index in [1.807, 2.05) is 24.3 Å². The Labute approximate surface area is 230 Å². The molecule has 0 aliphatic carbocycles. The van der Waals surface area contributed by atoms with Gasteiger partial charge in [-0.25, -0.2) is 14.5 Å². The second-order valence-corrected chi connectivity index (χ2v) is 9.69. The fourth-order valence-corrected chi connectivity index (χ4v) is 4.75. The van der Waals surface area contributed by atoms with Crippen LogP contribution in [0.5, 0.6) is 16.7 Å². The standard InChI is InChI=1S/C27H20ClN5O5S/c1-35-18-9-21(19-11-23(38-22(19)10-18)20-13-33-26(31-20)39-27(32-33)36-2)37-14-15-4-3-5-17(8-15)30-25(34)16-6-7-24(28)29-12-16/h3-13H,14H2,1-2H3,(H,30,34). The van der Waals surface area contributed by atoms with Crippen molar-refractivity contribution < 1.29 is 23.4 Å². The second-order valence-electron chi connectivity index (χ2n) is 8.39. The highest BCUT2D eigenvalue weighted by Gasteiger charge is 2.17. The third kappa shape index (κ3) is 5.09. The van der Waals surface area contributed by atoms with Gasteiger partial charge < -0.3 is 23.9 Å². The largest absolute Gasteiger partial charge is 0.496 e. The Bertz CT molecular complexity index is 1780. The predicted molar refractivity (Wildman–Crippen MR) is 147 cm³/mol. The molecule has 0 atom stereocenters. The van der Waals surface area contributed by atoms with E-state index in [0.717, 1.165) is 10.9 Å². The summed E-state index contributed by atoms with van der Waals surface area (Å²) in [5, 5.41) is 8.80. The van der Waals surface area contributed by atoms with Crippen LogP contribution in [-0.2, 0) is 6.61 Å². The minimum Gasteiger partial charge on any atom is -0.496 e. The molecule has 0 spiro atoms. The van der Waals surface area contributed by atoms with E-state index in [4.69, 9.17) is 30.2 Å². The van der Waals surface area contributed by atoms with Crippen LogP contribution in [0.1, 0.15) is 15.9 Å². The summed E-state index contributed by atoms with van der Waals surface area (Å²) < 4.78 is 24.6. The summed E-state index contributed by atoms with van der Waals surface area (Å²) >= 11 is 7.15. The Hall–Kier alpha value is -4.61. The van der Waals surface area contributed by atoms with E-state index >= 15 is 0 Å². The summed E-state index contributed by atoms with van der Waals surface area (Å²) in [7, 11) is 3.15. The molecule has 0 fully saturated rings. The number of nitrogens with zero attached hydrogens (tertiary/aromatic N) is 4. The van der Waals surface area contributed by atoms with E-state index in [1.54, 1.807) is 55.3 Å². The highest BCUT2D eigenvalue weighted by atomic mass is 35.5. The van der Waals surface area contributed by atoms with Gasteiger partial charge in [-0.1, -0.05) is 23.7 Å². The highest BCUT2D eigenvalue weighted by Crippen LogP contribution is 2.37. The van der Waals surface area contributed by atoms with Crippen LogP contribution in [0.15, 0.2) is 71.4 Å². The van der Waals surface area contributed by atoms with Crippen molar-refractivity contribution in [3.05, 3.63) is 83.3 Å². The number of imidazole rings is 1. The number of methoxy groups -OCH3 is 2. The molecular formula is C27H20ClN5O5S. The van der Waals surface area contributed by atoms with Gasteiger partial charge in [0.05, 0.1) is 31.4 Å². The Morgan fingerprint density at radius 2 is 2.03 bits per heavy atom. The average Bonchev–Trinajstić information content (AvgIpc) is 3.65. The quantitative estimate of drug-likeness (QED) is 0.222. The van der Waals surface area contributed by atoms with E-state index in [0.29, 0.717) is 55.1 Å². The van der Waals surface area contributed by atoms with E-state index < -0.39 is 0 Å². The zero-order valence-corrected chi connectivity index (χ0v) is 22.2. The van der Waals surface area contributed by atoms with E-state index in [1.165, 1.54) is 17.5 Å². The summed E-state index contributed by atoms with van der Waals surface area (Å²) in [6, 6.07) is 16.1. The molecule has 1 amide bonds. The van der Waals surface area contributed by atoms with E-state index in [-0.39, 0.29) is 12.5 Å². The van der Waals surface area contributed by atoms with Crippen molar-refractivity contribution >= 4 is 50.5 Å². The summed E-state index contributed by atoms with van der Waals surface area (Å²) in [5.41, 5.74) is 3.12. The molecule has 39 heavy (non-hydrogen) atoms. The van der Waals surface area contributed by atoms with Crippen molar-refractivity contribution in [2.24, 2.45) is 0 Å². The minimum absolute atomic E-state index is 0.249. The molecule has 0 saturated heterocycles. The number of carbonyl (C=O) groups excluding carboxylic acids is 1. The van der Waals surface area contributed by atoms with E-state index in [9.17, 15) is 4.79 Å². The fraction of sp³-hybridized carbons (Fsp3) is 0.111. The third-order valence-corrected chi connectivity index (χ3v) is 6.94. The number of furan rings is 1. The smallest absolute Gasteiger partial charge is 0.294 e. The summed E-state index contributed by atoms with van der Waals surface area (Å²) in [4.78, 5) is 21.8. The van der Waals surface area contributed by atoms with E-state index in [2.05, 4.69) is 20.4 Å². The van der Waals surface area contributed by atoms with Crippen LogP contribution in [0.25, 0.3) is 27.4 Å². The van der Waals surface area contributed by atoms with Gasteiger partial charge in [0.15, 0.2) is 5.76 Å². The van der Waals surface area contributed by atoms with Crippen LogP contribution >= 0.6 is 22.9 Å². The first-order valence-corrected chi connectivity index (χ1v) is 12.9. The average molecular weight is 562 g/mol. The van der Waals surface area contributed by atoms with Gasteiger partial charge in [0, 0.05) is 24.0 Å². The van der Waals surface area contributed by atoms with Gasteiger partial charge >= 0.3 is 0 Å². The van der Waals surface area contributed by atoms with Crippen LogP contribution in [0, 0.1) is 0 Å². The molecule has 12 heteroatoms. The zero-order valence-electron chi connectivity index (χ0n) is 20.7. The zero-order chi connectivity index (χ0) is 26.9. The van der Waals surface area contributed by atoms with Gasteiger partial charge in [0.1, 0.15) is 34.5 Å². The number of carbonyl (C=O) groups is 1. The first-order valence-electron chi connectivity index (χ1n) is 11.7. The maximum atomic E-state index is 12.6. The van der Waals surface area contributed by atoms with Crippen LogP contribution in [0.4, 0.5) is 5.69 Å². The maximum absolute atomic E-state index is 12.6. The Morgan fingerprint density at radius 3 is 2.79 bits per heavy atom.